The van der Waals surface area contributed by atoms with Gasteiger partial charge in [0, 0.05) is 14.2 Å². The number of anilines is 2. The smallest absolute Gasteiger partial charge is 0.222 e. The maximum Gasteiger partial charge on any atom is 0.222 e. The predicted molar refractivity (Wildman–Crippen MR) is 56.1 cm³/mol. The molecule has 1 heterocycles. The molecule has 0 radical (unpaired) electrons. The van der Waals surface area contributed by atoms with Crippen molar-refractivity contribution < 1.29 is 9.13 Å². The van der Waals surface area contributed by atoms with E-state index in [4.69, 9.17) is 10.5 Å². The highest BCUT2D eigenvalue weighted by Crippen LogP contribution is 2.16. The van der Waals surface area contributed by atoms with Crippen LogP contribution in [0.15, 0.2) is 6.20 Å². The van der Waals surface area contributed by atoms with Gasteiger partial charge >= 0.3 is 0 Å². The Morgan fingerprint density at radius 2 is 2.33 bits per heavy atom. The van der Waals surface area contributed by atoms with Crippen LogP contribution in [-0.2, 0) is 4.74 Å². The van der Waals surface area contributed by atoms with Crippen molar-refractivity contribution in [3.05, 3.63) is 12.0 Å². The lowest BCUT2D eigenvalue weighted by Crippen LogP contribution is -2.34. The highest BCUT2D eigenvalue weighted by molar-refractivity contribution is 5.42. The third-order valence-corrected chi connectivity index (χ3v) is 2.15. The van der Waals surface area contributed by atoms with E-state index in [0.29, 0.717) is 6.61 Å². The van der Waals surface area contributed by atoms with Crippen LogP contribution >= 0.6 is 0 Å². The van der Waals surface area contributed by atoms with E-state index in [2.05, 4.69) is 9.97 Å². The summed E-state index contributed by atoms with van der Waals surface area (Å²) in [5.41, 5.74) is 5.39. The number of ether oxygens (including phenoxy) is 1. The largest absolute Gasteiger partial charge is 0.383 e. The third kappa shape index (κ3) is 2.76. The fourth-order valence-corrected chi connectivity index (χ4v) is 1.18. The summed E-state index contributed by atoms with van der Waals surface area (Å²) in [5, 5.41) is 0. The summed E-state index contributed by atoms with van der Waals surface area (Å²) in [7, 11) is 3.32. The molecule has 0 saturated carbocycles. The SMILES string of the molecule is COCC(C)N(C)c1nc(N)ncc1F. The van der Waals surface area contributed by atoms with Crippen molar-refractivity contribution in [3.8, 4) is 0 Å². The summed E-state index contributed by atoms with van der Waals surface area (Å²) in [5.74, 6) is -0.246. The maximum absolute atomic E-state index is 13.4. The molecule has 0 bridgehead atoms. The minimum atomic E-state index is -0.491. The second kappa shape index (κ2) is 4.88. The van der Waals surface area contributed by atoms with E-state index in [1.807, 2.05) is 6.92 Å². The number of nitrogens with two attached hydrogens (primary N) is 1. The Balaban J connectivity index is 2.89. The van der Waals surface area contributed by atoms with Crippen molar-refractivity contribution in [1.82, 2.24) is 9.97 Å². The van der Waals surface area contributed by atoms with Gasteiger partial charge in [-0.3, -0.25) is 0 Å². The molecular weight excluding hydrogens is 199 g/mol. The van der Waals surface area contributed by atoms with Crippen molar-refractivity contribution >= 4 is 11.8 Å². The van der Waals surface area contributed by atoms with Crippen LogP contribution in [0.2, 0.25) is 0 Å². The lowest BCUT2D eigenvalue weighted by Gasteiger charge is -2.25. The first-order valence-corrected chi connectivity index (χ1v) is 4.56. The Hall–Kier alpha value is -1.43. The molecule has 0 aliphatic heterocycles. The predicted octanol–water partition coefficient (Wildman–Crippen LogP) is 0.669. The molecule has 15 heavy (non-hydrogen) atoms. The zero-order chi connectivity index (χ0) is 11.4. The Morgan fingerprint density at radius 1 is 1.67 bits per heavy atom. The molecule has 5 nitrogen and oxygen atoms in total. The van der Waals surface area contributed by atoms with E-state index < -0.39 is 5.82 Å². The first-order chi connectivity index (χ1) is 7.06. The monoisotopic (exact) mass is 214 g/mol. The molecule has 0 fully saturated rings. The lowest BCUT2D eigenvalue weighted by molar-refractivity contribution is 0.183. The van der Waals surface area contributed by atoms with Gasteiger partial charge in [0.1, 0.15) is 0 Å². The molecule has 0 aliphatic rings. The number of likely N-dealkylation sites (N-methyl/N-ethyl adjacent to an activating group) is 1. The minimum absolute atomic E-state index is 0.0128. The second-order valence-corrected chi connectivity index (χ2v) is 3.32. The van der Waals surface area contributed by atoms with Crippen molar-refractivity contribution in [3.63, 3.8) is 0 Å². The van der Waals surface area contributed by atoms with Crippen LogP contribution in [-0.4, -0.2) is 36.8 Å². The van der Waals surface area contributed by atoms with Crippen molar-refractivity contribution in [2.24, 2.45) is 0 Å². The van der Waals surface area contributed by atoms with Gasteiger partial charge in [0.25, 0.3) is 0 Å². The fourth-order valence-electron chi connectivity index (χ4n) is 1.18. The molecule has 6 heteroatoms. The van der Waals surface area contributed by atoms with E-state index in [1.165, 1.54) is 0 Å². The molecule has 0 saturated heterocycles. The van der Waals surface area contributed by atoms with Crippen LogP contribution in [0.4, 0.5) is 16.2 Å². The van der Waals surface area contributed by atoms with Crippen LogP contribution in [0.3, 0.4) is 0 Å². The molecule has 0 aromatic carbocycles. The van der Waals surface area contributed by atoms with Gasteiger partial charge < -0.3 is 15.4 Å². The van der Waals surface area contributed by atoms with E-state index >= 15 is 0 Å². The Labute approximate surface area is 88.1 Å². The van der Waals surface area contributed by atoms with Gasteiger partial charge in [-0.15, -0.1) is 0 Å². The zero-order valence-electron chi connectivity index (χ0n) is 9.07. The van der Waals surface area contributed by atoms with E-state index in [-0.39, 0.29) is 17.8 Å². The normalized spacial score (nSPS) is 12.5. The summed E-state index contributed by atoms with van der Waals surface area (Å²) < 4.78 is 18.3. The highest BCUT2D eigenvalue weighted by Gasteiger charge is 2.15. The van der Waals surface area contributed by atoms with Crippen LogP contribution in [0.1, 0.15) is 6.92 Å². The van der Waals surface area contributed by atoms with Gasteiger partial charge in [-0.25, -0.2) is 9.37 Å². The zero-order valence-corrected chi connectivity index (χ0v) is 9.07. The molecule has 1 atom stereocenters. The van der Waals surface area contributed by atoms with Crippen LogP contribution in [0.5, 0.6) is 0 Å². The highest BCUT2D eigenvalue weighted by atomic mass is 19.1. The van der Waals surface area contributed by atoms with Crippen molar-refractivity contribution in [2.75, 3.05) is 31.4 Å². The Bertz CT molecular complexity index is 334. The standard InChI is InChI=1S/C9H15FN4O/c1-6(5-15-3)14(2)8-7(10)4-12-9(11)13-8/h4,6H,5H2,1-3H3,(H2,11,12,13). The second-order valence-electron chi connectivity index (χ2n) is 3.32. The van der Waals surface area contributed by atoms with Gasteiger partial charge in [0.05, 0.1) is 18.8 Å². The lowest BCUT2D eigenvalue weighted by atomic mass is 10.3. The first-order valence-electron chi connectivity index (χ1n) is 4.56. The van der Waals surface area contributed by atoms with Crippen molar-refractivity contribution in [2.45, 2.75) is 13.0 Å². The van der Waals surface area contributed by atoms with Crippen molar-refractivity contribution in [1.29, 1.82) is 0 Å². The summed E-state index contributed by atoms with van der Waals surface area (Å²) >= 11 is 0. The summed E-state index contributed by atoms with van der Waals surface area (Å²) in [6, 6.07) is 0.0128. The number of rotatable bonds is 4. The summed E-state index contributed by atoms with van der Waals surface area (Å²) in [6.45, 7) is 2.39. The average molecular weight is 214 g/mol. The molecule has 84 valence electrons. The molecule has 0 amide bonds. The third-order valence-electron chi connectivity index (χ3n) is 2.15. The van der Waals surface area contributed by atoms with Crippen LogP contribution in [0.25, 0.3) is 0 Å². The van der Waals surface area contributed by atoms with Gasteiger partial charge in [0.15, 0.2) is 11.6 Å². The van der Waals surface area contributed by atoms with E-state index in [1.54, 1.807) is 19.1 Å². The average Bonchev–Trinajstić information content (AvgIpc) is 2.21. The number of aromatic nitrogens is 2. The molecule has 1 aromatic rings. The molecule has 1 unspecified atom stereocenters. The molecule has 2 N–H and O–H groups in total. The number of methoxy groups -OCH3 is 1. The van der Waals surface area contributed by atoms with Gasteiger partial charge in [-0.2, -0.15) is 4.98 Å². The van der Waals surface area contributed by atoms with Gasteiger partial charge in [-0.1, -0.05) is 0 Å². The minimum Gasteiger partial charge on any atom is -0.383 e. The maximum atomic E-state index is 13.4. The van der Waals surface area contributed by atoms with Gasteiger partial charge in [0.2, 0.25) is 5.95 Å². The van der Waals surface area contributed by atoms with Gasteiger partial charge in [-0.05, 0) is 6.92 Å². The topological polar surface area (TPSA) is 64.3 Å². The Kier molecular flexibility index (Phi) is 3.79. The number of nitrogens with zero attached hydrogens (tertiary/aromatic N) is 3. The molecule has 0 spiro atoms. The first kappa shape index (κ1) is 11.6. The van der Waals surface area contributed by atoms with Crippen LogP contribution in [0, 0.1) is 5.82 Å². The van der Waals surface area contributed by atoms with E-state index in [9.17, 15) is 4.39 Å². The van der Waals surface area contributed by atoms with E-state index in [0.717, 1.165) is 6.20 Å². The number of nitrogen functional groups attached to an aromatic ring is 1. The molecular formula is C9H15FN4O. The number of halogens is 1. The number of hydrogen-bond acceptors (Lipinski definition) is 5. The Morgan fingerprint density at radius 3 is 2.93 bits per heavy atom. The van der Waals surface area contributed by atoms with Crippen LogP contribution < -0.4 is 10.6 Å². The summed E-state index contributed by atoms with van der Waals surface area (Å²) in [6.07, 6.45) is 1.06. The molecule has 0 aliphatic carbocycles. The number of hydrogen-bond donors (Lipinski definition) is 1. The quantitative estimate of drug-likeness (QED) is 0.798. The summed E-state index contributed by atoms with van der Waals surface area (Å²) in [4.78, 5) is 9.06. The molecule has 1 rings (SSSR count). The fraction of sp³-hybridized carbons (Fsp3) is 0.556. The molecule has 1 aromatic heterocycles.